The van der Waals surface area contributed by atoms with E-state index in [1.54, 1.807) is 0 Å². The fraction of sp³-hybridized carbons (Fsp3) is 0.263. The van der Waals surface area contributed by atoms with E-state index in [9.17, 15) is 0 Å². The molecule has 0 fully saturated rings. The summed E-state index contributed by atoms with van der Waals surface area (Å²) in [5, 5.41) is 8.17. The lowest BCUT2D eigenvalue weighted by molar-refractivity contribution is 0.261. The van der Waals surface area contributed by atoms with Crippen LogP contribution in [0.15, 0.2) is 40.8 Å². The zero-order valence-electron chi connectivity index (χ0n) is 13.9. The monoisotopic (exact) mass is 308 g/mol. The number of benzene rings is 2. The van der Waals surface area contributed by atoms with Gasteiger partial charge < -0.3 is 9.15 Å². The van der Waals surface area contributed by atoms with Gasteiger partial charge in [0.15, 0.2) is 6.61 Å². The second kappa shape index (κ2) is 6.24. The molecule has 4 heteroatoms. The van der Waals surface area contributed by atoms with Crippen LogP contribution in [0.3, 0.4) is 0 Å². The first-order chi connectivity index (χ1) is 11.0. The van der Waals surface area contributed by atoms with E-state index >= 15 is 0 Å². The van der Waals surface area contributed by atoms with Gasteiger partial charge in [0.05, 0.1) is 0 Å². The maximum absolute atomic E-state index is 5.89. The lowest BCUT2D eigenvalue weighted by atomic mass is 10.1. The highest BCUT2D eigenvalue weighted by molar-refractivity contribution is 5.53. The quantitative estimate of drug-likeness (QED) is 0.709. The van der Waals surface area contributed by atoms with Crippen LogP contribution in [0.25, 0.3) is 11.5 Å². The van der Waals surface area contributed by atoms with Crippen molar-refractivity contribution in [1.29, 1.82) is 0 Å². The summed E-state index contributed by atoms with van der Waals surface area (Å²) in [5.74, 6) is 1.87. The Morgan fingerprint density at radius 3 is 2.35 bits per heavy atom. The van der Waals surface area contributed by atoms with Gasteiger partial charge in [-0.25, -0.2) is 0 Å². The molecule has 0 aliphatic carbocycles. The van der Waals surface area contributed by atoms with Crippen LogP contribution in [0.2, 0.25) is 0 Å². The maximum Gasteiger partial charge on any atom is 0.254 e. The van der Waals surface area contributed by atoms with Crippen LogP contribution in [0.4, 0.5) is 0 Å². The Balaban J connectivity index is 1.75. The van der Waals surface area contributed by atoms with E-state index in [4.69, 9.17) is 9.15 Å². The second-order valence-electron chi connectivity index (χ2n) is 5.89. The highest BCUT2D eigenvalue weighted by Gasteiger charge is 2.11. The molecule has 1 heterocycles. The van der Waals surface area contributed by atoms with E-state index in [0.717, 1.165) is 28.0 Å². The molecule has 0 saturated carbocycles. The van der Waals surface area contributed by atoms with E-state index in [1.807, 2.05) is 45.0 Å². The van der Waals surface area contributed by atoms with E-state index < -0.39 is 0 Å². The highest BCUT2D eigenvalue weighted by atomic mass is 16.5. The predicted octanol–water partition coefficient (Wildman–Crippen LogP) is 4.55. The lowest BCUT2D eigenvalue weighted by Crippen LogP contribution is -1.99. The summed E-state index contributed by atoms with van der Waals surface area (Å²) in [7, 11) is 0. The summed E-state index contributed by atoms with van der Waals surface area (Å²) in [6.07, 6.45) is 0. The molecule has 3 rings (SSSR count). The van der Waals surface area contributed by atoms with E-state index in [1.165, 1.54) is 5.56 Å². The Hall–Kier alpha value is -2.62. The Morgan fingerprint density at radius 2 is 1.65 bits per heavy atom. The number of aromatic nitrogens is 2. The molecule has 1 aromatic heterocycles. The molecule has 0 spiro atoms. The topological polar surface area (TPSA) is 48.2 Å². The smallest absolute Gasteiger partial charge is 0.254 e. The van der Waals surface area contributed by atoms with Gasteiger partial charge in [0.2, 0.25) is 5.89 Å². The molecule has 3 aromatic rings. The van der Waals surface area contributed by atoms with Gasteiger partial charge in [0, 0.05) is 5.56 Å². The van der Waals surface area contributed by atoms with Crippen molar-refractivity contribution in [1.82, 2.24) is 10.2 Å². The van der Waals surface area contributed by atoms with Crippen molar-refractivity contribution in [3.63, 3.8) is 0 Å². The highest BCUT2D eigenvalue weighted by Crippen LogP contribution is 2.26. The van der Waals surface area contributed by atoms with Gasteiger partial charge in [0.25, 0.3) is 5.89 Å². The van der Waals surface area contributed by atoms with Crippen LogP contribution < -0.4 is 4.74 Å². The minimum absolute atomic E-state index is 0.267. The summed E-state index contributed by atoms with van der Waals surface area (Å²) in [6, 6.07) is 12.2. The Morgan fingerprint density at radius 1 is 0.913 bits per heavy atom. The van der Waals surface area contributed by atoms with Crippen molar-refractivity contribution >= 4 is 0 Å². The molecule has 0 aliphatic heterocycles. The Bertz CT molecular complexity index is 814. The first-order valence-electron chi connectivity index (χ1n) is 7.63. The molecule has 0 amide bonds. The Labute approximate surface area is 136 Å². The SMILES string of the molecule is Cc1cccc(-c2nnc(COc3c(C)cc(C)cc3C)o2)c1. The van der Waals surface area contributed by atoms with Crippen molar-refractivity contribution in [3.8, 4) is 17.2 Å². The molecule has 0 bridgehead atoms. The summed E-state index contributed by atoms with van der Waals surface area (Å²) in [6.45, 7) is 8.47. The summed E-state index contributed by atoms with van der Waals surface area (Å²) in [4.78, 5) is 0. The number of nitrogens with zero attached hydrogens (tertiary/aromatic N) is 2. The van der Waals surface area contributed by atoms with E-state index in [0.29, 0.717) is 11.8 Å². The van der Waals surface area contributed by atoms with Gasteiger partial charge in [-0.05, 0) is 51.0 Å². The molecule has 118 valence electrons. The van der Waals surface area contributed by atoms with E-state index in [-0.39, 0.29) is 6.61 Å². The third-order valence-electron chi connectivity index (χ3n) is 3.68. The van der Waals surface area contributed by atoms with Crippen LogP contribution >= 0.6 is 0 Å². The minimum atomic E-state index is 0.267. The van der Waals surface area contributed by atoms with Crippen LogP contribution in [-0.4, -0.2) is 10.2 Å². The molecule has 0 atom stereocenters. The van der Waals surface area contributed by atoms with Gasteiger partial charge in [-0.2, -0.15) is 0 Å². The lowest BCUT2D eigenvalue weighted by Gasteiger charge is -2.11. The molecular weight excluding hydrogens is 288 g/mol. The van der Waals surface area contributed by atoms with Crippen LogP contribution in [0, 0.1) is 27.7 Å². The number of aryl methyl sites for hydroxylation is 4. The van der Waals surface area contributed by atoms with E-state index in [2.05, 4.69) is 29.3 Å². The average Bonchev–Trinajstić information content (AvgIpc) is 2.95. The second-order valence-corrected chi connectivity index (χ2v) is 5.89. The zero-order chi connectivity index (χ0) is 16.4. The predicted molar refractivity (Wildman–Crippen MR) is 89.5 cm³/mol. The normalized spacial score (nSPS) is 10.8. The summed E-state index contributed by atoms with van der Waals surface area (Å²) < 4.78 is 11.6. The molecule has 4 nitrogen and oxygen atoms in total. The molecule has 0 N–H and O–H groups in total. The van der Waals surface area contributed by atoms with Crippen molar-refractivity contribution in [2.24, 2.45) is 0 Å². The number of hydrogen-bond acceptors (Lipinski definition) is 4. The van der Waals surface area contributed by atoms with Crippen LogP contribution in [0.1, 0.15) is 28.1 Å². The van der Waals surface area contributed by atoms with Crippen molar-refractivity contribution in [2.45, 2.75) is 34.3 Å². The van der Waals surface area contributed by atoms with Gasteiger partial charge >= 0.3 is 0 Å². The fourth-order valence-electron chi connectivity index (χ4n) is 2.74. The van der Waals surface area contributed by atoms with Gasteiger partial charge in [-0.3, -0.25) is 0 Å². The van der Waals surface area contributed by atoms with Gasteiger partial charge in [-0.1, -0.05) is 35.4 Å². The van der Waals surface area contributed by atoms with Crippen molar-refractivity contribution in [2.75, 3.05) is 0 Å². The number of rotatable bonds is 4. The fourth-order valence-corrected chi connectivity index (χ4v) is 2.74. The number of ether oxygens (including phenoxy) is 1. The minimum Gasteiger partial charge on any atom is -0.483 e. The maximum atomic E-state index is 5.89. The summed E-state index contributed by atoms with van der Waals surface area (Å²) in [5.41, 5.74) is 5.53. The number of hydrogen-bond donors (Lipinski definition) is 0. The third kappa shape index (κ3) is 3.42. The molecule has 0 aliphatic rings. The largest absolute Gasteiger partial charge is 0.483 e. The molecule has 23 heavy (non-hydrogen) atoms. The van der Waals surface area contributed by atoms with Crippen LogP contribution in [0.5, 0.6) is 5.75 Å². The molecule has 0 saturated heterocycles. The first-order valence-corrected chi connectivity index (χ1v) is 7.63. The molecule has 2 aromatic carbocycles. The average molecular weight is 308 g/mol. The third-order valence-corrected chi connectivity index (χ3v) is 3.68. The molecule has 0 unspecified atom stereocenters. The molecule has 0 radical (unpaired) electrons. The van der Waals surface area contributed by atoms with Gasteiger partial charge in [-0.15, -0.1) is 10.2 Å². The summed E-state index contributed by atoms with van der Waals surface area (Å²) >= 11 is 0. The standard InChI is InChI=1S/C19H20N2O2/c1-12-6-5-7-16(10-12)19-21-20-17(23-19)11-22-18-14(3)8-13(2)9-15(18)4/h5-10H,11H2,1-4H3. The Kier molecular flexibility index (Phi) is 4.15. The first kappa shape index (κ1) is 15.3. The van der Waals surface area contributed by atoms with Gasteiger partial charge in [0.1, 0.15) is 5.75 Å². The molecular formula is C19H20N2O2. The zero-order valence-corrected chi connectivity index (χ0v) is 13.9. The van der Waals surface area contributed by atoms with Crippen molar-refractivity contribution < 1.29 is 9.15 Å². The van der Waals surface area contributed by atoms with Crippen molar-refractivity contribution in [3.05, 3.63) is 64.5 Å². The van der Waals surface area contributed by atoms with Crippen LogP contribution in [-0.2, 0) is 6.61 Å².